The van der Waals surface area contributed by atoms with Gasteiger partial charge in [0.15, 0.2) is 0 Å². The molecule has 1 aliphatic rings. The van der Waals surface area contributed by atoms with Crippen LogP contribution in [-0.2, 0) is 29.7 Å². The van der Waals surface area contributed by atoms with E-state index in [-0.39, 0.29) is 23.8 Å². The van der Waals surface area contributed by atoms with Crippen molar-refractivity contribution in [2.24, 2.45) is 0 Å². The van der Waals surface area contributed by atoms with Gasteiger partial charge in [-0.2, -0.15) is 5.10 Å². The number of anilines is 1. The number of rotatable bonds is 5. The van der Waals surface area contributed by atoms with Gasteiger partial charge in [-0.05, 0) is 42.7 Å². The Morgan fingerprint density at radius 2 is 1.73 bits per heavy atom. The summed E-state index contributed by atoms with van der Waals surface area (Å²) in [5.41, 5.74) is 2.90. The number of carbonyl (C=O) groups excluding carboxylic acids is 2. The van der Waals surface area contributed by atoms with Gasteiger partial charge in [-0.25, -0.2) is 0 Å². The van der Waals surface area contributed by atoms with E-state index in [2.05, 4.69) is 33.0 Å². The average molecular weight is 445 g/mol. The van der Waals surface area contributed by atoms with E-state index < -0.39 is 5.54 Å². The van der Waals surface area contributed by atoms with E-state index in [0.717, 1.165) is 17.7 Å². The first-order chi connectivity index (χ1) is 15.6. The van der Waals surface area contributed by atoms with E-state index >= 15 is 0 Å². The standard InChI is InChI=1S/C27H32N4O2/c1-6-19-12-14-21(15-13-19)31-24(32)22-16-23(26(2,3)4)29-30(22)18-27(31,5)25(33)28-17-20-10-8-7-9-11-20/h7-16H,6,17-18H2,1-5H3,(H,28,33). The molecule has 33 heavy (non-hydrogen) atoms. The first-order valence-electron chi connectivity index (χ1n) is 11.5. The van der Waals surface area contributed by atoms with Gasteiger partial charge in [0.1, 0.15) is 11.2 Å². The van der Waals surface area contributed by atoms with Gasteiger partial charge in [-0.3, -0.25) is 19.2 Å². The SMILES string of the molecule is CCc1ccc(N2C(=O)c3cc(C(C)(C)C)nn3CC2(C)C(=O)NCc2ccccc2)cc1. The van der Waals surface area contributed by atoms with Crippen LogP contribution in [-0.4, -0.2) is 27.1 Å². The highest BCUT2D eigenvalue weighted by atomic mass is 16.2. The Morgan fingerprint density at radius 1 is 1.06 bits per heavy atom. The zero-order chi connectivity index (χ0) is 23.8. The molecule has 2 amide bonds. The number of amides is 2. The molecule has 4 rings (SSSR count). The van der Waals surface area contributed by atoms with Gasteiger partial charge >= 0.3 is 0 Å². The lowest BCUT2D eigenvalue weighted by Gasteiger charge is -2.43. The van der Waals surface area contributed by atoms with Crippen LogP contribution >= 0.6 is 0 Å². The summed E-state index contributed by atoms with van der Waals surface area (Å²) in [6, 6.07) is 19.5. The highest BCUT2D eigenvalue weighted by Crippen LogP contribution is 2.34. The predicted octanol–water partition coefficient (Wildman–Crippen LogP) is 4.48. The monoisotopic (exact) mass is 444 g/mol. The number of aromatic nitrogens is 2. The van der Waals surface area contributed by atoms with Crippen molar-refractivity contribution in [1.82, 2.24) is 15.1 Å². The zero-order valence-electron chi connectivity index (χ0n) is 20.1. The van der Waals surface area contributed by atoms with Crippen molar-refractivity contribution >= 4 is 17.5 Å². The Kier molecular flexibility index (Phi) is 5.87. The molecule has 0 saturated carbocycles. The number of nitrogens with one attached hydrogen (secondary N) is 1. The van der Waals surface area contributed by atoms with E-state index in [1.165, 1.54) is 5.56 Å². The molecule has 0 aliphatic carbocycles. The second kappa shape index (κ2) is 8.50. The van der Waals surface area contributed by atoms with Crippen molar-refractivity contribution in [3.63, 3.8) is 0 Å². The Morgan fingerprint density at radius 3 is 2.33 bits per heavy atom. The van der Waals surface area contributed by atoms with E-state index in [1.807, 2.05) is 67.6 Å². The maximum Gasteiger partial charge on any atom is 0.277 e. The minimum absolute atomic E-state index is 0.204. The fourth-order valence-corrected chi connectivity index (χ4v) is 4.20. The second-order valence-electron chi connectivity index (χ2n) is 9.93. The van der Waals surface area contributed by atoms with E-state index in [4.69, 9.17) is 5.10 Å². The first kappa shape index (κ1) is 22.8. The summed E-state index contributed by atoms with van der Waals surface area (Å²) in [6.45, 7) is 10.8. The summed E-state index contributed by atoms with van der Waals surface area (Å²) in [4.78, 5) is 29.0. The minimum atomic E-state index is -1.13. The lowest BCUT2D eigenvalue weighted by Crippen LogP contribution is -2.64. The molecule has 0 saturated heterocycles. The van der Waals surface area contributed by atoms with Crippen molar-refractivity contribution < 1.29 is 9.59 Å². The summed E-state index contributed by atoms with van der Waals surface area (Å²) < 4.78 is 1.70. The van der Waals surface area contributed by atoms with Crippen molar-refractivity contribution in [1.29, 1.82) is 0 Å². The number of benzene rings is 2. The molecule has 1 atom stereocenters. The third kappa shape index (κ3) is 4.30. The summed E-state index contributed by atoms with van der Waals surface area (Å²) in [6.07, 6.45) is 0.908. The Bertz CT molecular complexity index is 1160. The molecule has 1 unspecified atom stereocenters. The lowest BCUT2D eigenvalue weighted by molar-refractivity contribution is -0.126. The van der Waals surface area contributed by atoms with Crippen LogP contribution in [0.2, 0.25) is 0 Å². The third-order valence-electron chi connectivity index (χ3n) is 6.31. The Labute approximate surface area is 195 Å². The minimum Gasteiger partial charge on any atom is -0.350 e. The van der Waals surface area contributed by atoms with Crippen LogP contribution in [0.25, 0.3) is 0 Å². The van der Waals surface area contributed by atoms with Gasteiger partial charge in [0, 0.05) is 17.6 Å². The predicted molar refractivity (Wildman–Crippen MR) is 130 cm³/mol. The smallest absolute Gasteiger partial charge is 0.277 e. The van der Waals surface area contributed by atoms with Gasteiger partial charge in [-0.1, -0.05) is 70.2 Å². The topological polar surface area (TPSA) is 67.2 Å². The summed E-state index contributed by atoms with van der Waals surface area (Å²) >= 11 is 0. The molecule has 2 aromatic carbocycles. The van der Waals surface area contributed by atoms with Crippen LogP contribution in [0.5, 0.6) is 0 Å². The maximum atomic E-state index is 13.8. The van der Waals surface area contributed by atoms with E-state index in [0.29, 0.717) is 17.9 Å². The lowest BCUT2D eigenvalue weighted by atomic mass is 9.91. The van der Waals surface area contributed by atoms with Crippen LogP contribution in [0.3, 0.4) is 0 Å². The normalized spacial score (nSPS) is 18.2. The summed E-state index contributed by atoms with van der Waals surface area (Å²) in [5, 5.41) is 7.76. The molecular weight excluding hydrogens is 412 g/mol. The molecule has 1 N–H and O–H groups in total. The molecule has 0 spiro atoms. The van der Waals surface area contributed by atoms with Gasteiger partial charge in [0.2, 0.25) is 5.91 Å². The van der Waals surface area contributed by atoms with Crippen LogP contribution in [0.4, 0.5) is 5.69 Å². The Balaban J connectivity index is 1.74. The van der Waals surface area contributed by atoms with Crippen LogP contribution in [0.1, 0.15) is 61.9 Å². The zero-order valence-corrected chi connectivity index (χ0v) is 20.1. The molecule has 1 aliphatic heterocycles. The van der Waals surface area contributed by atoms with Gasteiger partial charge in [-0.15, -0.1) is 0 Å². The fraction of sp³-hybridized carbons (Fsp3) is 0.370. The quantitative estimate of drug-likeness (QED) is 0.631. The number of hydrogen-bond acceptors (Lipinski definition) is 3. The number of aryl methyl sites for hydroxylation is 1. The fourth-order valence-electron chi connectivity index (χ4n) is 4.20. The van der Waals surface area contributed by atoms with Crippen molar-refractivity contribution in [2.45, 2.75) is 65.1 Å². The summed E-state index contributed by atoms with van der Waals surface area (Å²) in [7, 11) is 0. The highest BCUT2D eigenvalue weighted by molar-refractivity contribution is 6.11. The molecule has 0 fully saturated rings. The molecule has 0 radical (unpaired) electrons. The molecule has 3 aromatic rings. The number of hydrogen-bond donors (Lipinski definition) is 1. The molecule has 0 bridgehead atoms. The molecule has 1 aromatic heterocycles. The number of nitrogens with zero attached hydrogens (tertiary/aromatic N) is 3. The molecule has 6 nitrogen and oxygen atoms in total. The summed E-state index contributed by atoms with van der Waals surface area (Å²) in [5.74, 6) is -0.427. The van der Waals surface area contributed by atoms with Crippen LogP contribution < -0.4 is 10.2 Å². The van der Waals surface area contributed by atoms with E-state index in [1.54, 1.807) is 9.58 Å². The van der Waals surface area contributed by atoms with Gasteiger partial charge in [0.05, 0.1) is 12.2 Å². The van der Waals surface area contributed by atoms with Crippen LogP contribution in [0, 0.1) is 0 Å². The van der Waals surface area contributed by atoms with Gasteiger partial charge < -0.3 is 5.32 Å². The van der Waals surface area contributed by atoms with Crippen molar-refractivity contribution in [2.75, 3.05) is 4.90 Å². The Hall–Kier alpha value is -3.41. The van der Waals surface area contributed by atoms with Crippen molar-refractivity contribution in [3.05, 3.63) is 83.2 Å². The van der Waals surface area contributed by atoms with Crippen molar-refractivity contribution in [3.8, 4) is 0 Å². The van der Waals surface area contributed by atoms with Gasteiger partial charge in [0.25, 0.3) is 5.91 Å². The molecule has 6 heteroatoms. The molecule has 172 valence electrons. The number of carbonyl (C=O) groups is 2. The van der Waals surface area contributed by atoms with E-state index in [9.17, 15) is 9.59 Å². The number of fused-ring (bicyclic) bond motifs is 1. The maximum absolute atomic E-state index is 13.8. The second-order valence-corrected chi connectivity index (χ2v) is 9.93. The highest BCUT2D eigenvalue weighted by Gasteiger charge is 2.49. The average Bonchev–Trinajstić information content (AvgIpc) is 3.23. The largest absolute Gasteiger partial charge is 0.350 e. The third-order valence-corrected chi connectivity index (χ3v) is 6.31. The molecular formula is C27H32N4O2. The molecule has 2 heterocycles. The van der Waals surface area contributed by atoms with Crippen LogP contribution in [0.15, 0.2) is 60.7 Å². The first-order valence-corrected chi connectivity index (χ1v) is 11.5.